The van der Waals surface area contributed by atoms with Gasteiger partial charge in [-0.15, -0.1) is 0 Å². The molecule has 2 fully saturated rings. The quantitative estimate of drug-likeness (QED) is 0.799. The number of methoxy groups -OCH3 is 3. The van der Waals surface area contributed by atoms with E-state index in [1.165, 1.54) is 38.8 Å². The van der Waals surface area contributed by atoms with E-state index in [0.717, 1.165) is 36.7 Å². The first-order chi connectivity index (χ1) is 11.7. The zero-order chi connectivity index (χ0) is 16.9. The molecule has 134 valence electrons. The van der Waals surface area contributed by atoms with E-state index in [2.05, 4.69) is 15.9 Å². The summed E-state index contributed by atoms with van der Waals surface area (Å²) in [5.74, 6) is 2.35. The second-order valence-corrected chi connectivity index (χ2v) is 6.79. The van der Waals surface area contributed by atoms with E-state index < -0.39 is 0 Å². The molecule has 2 aliphatic heterocycles. The summed E-state index contributed by atoms with van der Waals surface area (Å²) >= 11 is 0. The Kier molecular flexibility index (Phi) is 5.85. The van der Waals surface area contributed by atoms with Gasteiger partial charge < -0.3 is 14.2 Å². The van der Waals surface area contributed by atoms with Crippen LogP contribution in [0, 0.1) is 0 Å². The normalized spacial score (nSPS) is 22.5. The molecule has 0 aliphatic carbocycles. The van der Waals surface area contributed by atoms with Gasteiger partial charge in [-0.25, -0.2) is 0 Å². The van der Waals surface area contributed by atoms with Gasteiger partial charge in [0, 0.05) is 30.8 Å². The van der Waals surface area contributed by atoms with Gasteiger partial charge in [0.15, 0.2) is 11.5 Å². The molecular formula is C19H30N2O3. The summed E-state index contributed by atoms with van der Waals surface area (Å²) < 4.78 is 16.4. The SMILES string of the molecule is COc1cc(OC)c(OC)cc1CN1CCC[C@@H](N2CCCC2)C1. The molecular weight excluding hydrogens is 304 g/mol. The van der Waals surface area contributed by atoms with Crippen LogP contribution < -0.4 is 14.2 Å². The minimum Gasteiger partial charge on any atom is -0.496 e. The first kappa shape index (κ1) is 17.4. The van der Waals surface area contributed by atoms with E-state index in [0.29, 0.717) is 11.8 Å². The van der Waals surface area contributed by atoms with Crippen LogP contribution in [-0.2, 0) is 6.54 Å². The van der Waals surface area contributed by atoms with Crippen LogP contribution in [0.4, 0.5) is 0 Å². The molecule has 1 aromatic carbocycles. The summed E-state index contributed by atoms with van der Waals surface area (Å²) in [7, 11) is 5.05. The molecule has 24 heavy (non-hydrogen) atoms. The monoisotopic (exact) mass is 334 g/mol. The van der Waals surface area contributed by atoms with Crippen molar-refractivity contribution in [1.29, 1.82) is 0 Å². The summed E-state index contributed by atoms with van der Waals surface area (Å²) in [4.78, 5) is 5.23. The maximum atomic E-state index is 5.58. The molecule has 2 heterocycles. The standard InChI is InChI=1S/C19H30N2O3/c1-22-17-12-19(24-3)18(23-2)11-15(17)13-20-8-6-7-16(14-20)21-9-4-5-10-21/h11-12,16H,4-10,13-14H2,1-3H3/t16-/m1/s1. The van der Waals surface area contributed by atoms with Gasteiger partial charge >= 0.3 is 0 Å². The summed E-state index contributed by atoms with van der Waals surface area (Å²) in [5, 5.41) is 0. The molecule has 0 bridgehead atoms. The lowest BCUT2D eigenvalue weighted by atomic mass is 10.0. The number of benzene rings is 1. The Morgan fingerprint density at radius 3 is 2.21 bits per heavy atom. The maximum Gasteiger partial charge on any atom is 0.164 e. The first-order valence-corrected chi connectivity index (χ1v) is 9.00. The van der Waals surface area contributed by atoms with Crippen molar-refractivity contribution in [2.45, 2.75) is 38.3 Å². The Morgan fingerprint density at radius 2 is 1.54 bits per heavy atom. The van der Waals surface area contributed by atoms with Crippen molar-refractivity contribution in [2.75, 3.05) is 47.5 Å². The third kappa shape index (κ3) is 3.78. The number of nitrogens with zero attached hydrogens (tertiary/aromatic N) is 2. The number of likely N-dealkylation sites (tertiary alicyclic amines) is 2. The highest BCUT2D eigenvalue weighted by molar-refractivity contribution is 5.50. The number of ether oxygens (including phenoxy) is 3. The molecule has 2 aliphatic rings. The molecule has 0 N–H and O–H groups in total. The van der Waals surface area contributed by atoms with E-state index >= 15 is 0 Å². The Hall–Kier alpha value is -1.46. The van der Waals surface area contributed by atoms with Crippen LogP contribution in [0.15, 0.2) is 12.1 Å². The second-order valence-electron chi connectivity index (χ2n) is 6.79. The van der Waals surface area contributed by atoms with Gasteiger partial charge in [0.05, 0.1) is 21.3 Å². The third-order valence-electron chi connectivity index (χ3n) is 5.32. The lowest BCUT2D eigenvalue weighted by Crippen LogP contribution is -2.46. The lowest BCUT2D eigenvalue weighted by molar-refractivity contribution is 0.110. The summed E-state index contributed by atoms with van der Waals surface area (Å²) in [6.07, 6.45) is 5.33. The molecule has 2 saturated heterocycles. The summed E-state index contributed by atoms with van der Waals surface area (Å²) in [6.45, 7) is 5.75. The van der Waals surface area contributed by atoms with Crippen LogP contribution in [0.1, 0.15) is 31.2 Å². The van der Waals surface area contributed by atoms with Gasteiger partial charge in [0.1, 0.15) is 5.75 Å². The molecule has 5 nitrogen and oxygen atoms in total. The number of hydrogen-bond donors (Lipinski definition) is 0. The average Bonchev–Trinajstić information content (AvgIpc) is 3.16. The topological polar surface area (TPSA) is 34.2 Å². The molecule has 0 aromatic heterocycles. The van der Waals surface area contributed by atoms with Crippen LogP contribution in [-0.4, -0.2) is 63.4 Å². The van der Waals surface area contributed by atoms with Crippen molar-refractivity contribution < 1.29 is 14.2 Å². The number of piperidine rings is 1. The molecule has 0 saturated carbocycles. The Labute approximate surface area is 145 Å². The van der Waals surface area contributed by atoms with Gasteiger partial charge in [-0.2, -0.15) is 0 Å². The van der Waals surface area contributed by atoms with E-state index in [1.54, 1.807) is 21.3 Å². The van der Waals surface area contributed by atoms with Crippen molar-refractivity contribution in [1.82, 2.24) is 9.80 Å². The van der Waals surface area contributed by atoms with Crippen LogP contribution in [0.2, 0.25) is 0 Å². The fourth-order valence-electron chi connectivity index (χ4n) is 4.04. The summed E-state index contributed by atoms with van der Waals surface area (Å²) in [5.41, 5.74) is 1.16. The van der Waals surface area contributed by atoms with E-state index in [9.17, 15) is 0 Å². The number of hydrogen-bond acceptors (Lipinski definition) is 5. The predicted molar refractivity (Wildman–Crippen MR) is 95.2 cm³/mol. The number of rotatable bonds is 6. The van der Waals surface area contributed by atoms with Gasteiger partial charge in [0.25, 0.3) is 0 Å². The molecule has 0 amide bonds. The zero-order valence-electron chi connectivity index (χ0n) is 15.2. The van der Waals surface area contributed by atoms with Crippen molar-refractivity contribution in [3.05, 3.63) is 17.7 Å². The maximum absolute atomic E-state index is 5.58. The predicted octanol–water partition coefficient (Wildman–Crippen LogP) is 2.77. The average molecular weight is 334 g/mol. The van der Waals surface area contributed by atoms with Crippen LogP contribution in [0.3, 0.4) is 0 Å². The lowest BCUT2D eigenvalue weighted by Gasteiger charge is -2.37. The van der Waals surface area contributed by atoms with Crippen LogP contribution >= 0.6 is 0 Å². The summed E-state index contributed by atoms with van der Waals surface area (Å²) in [6, 6.07) is 4.69. The molecule has 0 unspecified atom stereocenters. The molecule has 0 radical (unpaired) electrons. The smallest absolute Gasteiger partial charge is 0.164 e. The Balaban J connectivity index is 1.72. The zero-order valence-corrected chi connectivity index (χ0v) is 15.2. The molecule has 3 rings (SSSR count). The van der Waals surface area contributed by atoms with Gasteiger partial charge in [-0.05, 0) is 51.4 Å². The van der Waals surface area contributed by atoms with Crippen LogP contribution in [0.25, 0.3) is 0 Å². The van der Waals surface area contributed by atoms with Crippen molar-refractivity contribution in [2.24, 2.45) is 0 Å². The molecule has 1 atom stereocenters. The highest BCUT2D eigenvalue weighted by Gasteiger charge is 2.27. The fourth-order valence-corrected chi connectivity index (χ4v) is 4.04. The highest BCUT2D eigenvalue weighted by Crippen LogP contribution is 2.35. The van der Waals surface area contributed by atoms with Gasteiger partial charge in [-0.3, -0.25) is 9.80 Å². The minimum atomic E-state index is 0.715. The second kappa shape index (κ2) is 8.08. The van der Waals surface area contributed by atoms with E-state index in [-0.39, 0.29) is 0 Å². The van der Waals surface area contributed by atoms with Crippen molar-refractivity contribution >= 4 is 0 Å². The molecule has 1 aromatic rings. The first-order valence-electron chi connectivity index (χ1n) is 9.00. The van der Waals surface area contributed by atoms with E-state index in [4.69, 9.17) is 14.2 Å². The Bertz CT molecular complexity index is 544. The van der Waals surface area contributed by atoms with Gasteiger partial charge in [0.2, 0.25) is 0 Å². The van der Waals surface area contributed by atoms with E-state index in [1.807, 2.05) is 6.07 Å². The molecule has 5 heteroatoms. The van der Waals surface area contributed by atoms with Crippen molar-refractivity contribution in [3.8, 4) is 17.2 Å². The molecule has 0 spiro atoms. The van der Waals surface area contributed by atoms with Crippen molar-refractivity contribution in [3.63, 3.8) is 0 Å². The minimum absolute atomic E-state index is 0.715. The Morgan fingerprint density at radius 1 is 0.875 bits per heavy atom. The fraction of sp³-hybridized carbons (Fsp3) is 0.684. The third-order valence-corrected chi connectivity index (χ3v) is 5.32. The highest BCUT2D eigenvalue weighted by atomic mass is 16.5. The van der Waals surface area contributed by atoms with Gasteiger partial charge in [-0.1, -0.05) is 0 Å². The van der Waals surface area contributed by atoms with Crippen LogP contribution in [0.5, 0.6) is 17.2 Å². The largest absolute Gasteiger partial charge is 0.496 e.